The summed E-state index contributed by atoms with van der Waals surface area (Å²) in [7, 11) is 1.92. The average molecular weight is 262 g/mol. The van der Waals surface area contributed by atoms with Crippen LogP contribution in [0.2, 0.25) is 5.02 Å². The number of hydrogen-bond acceptors (Lipinski definition) is 3. The van der Waals surface area contributed by atoms with Crippen molar-refractivity contribution in [3.05, 3.63) is 58.6 Å². The van der Waals surface area contributed by atoms with Crippen LogP contribution < -0.4 is 5.32 Å². The summed E-state index contributed by atoms with van der Waals surface area (Å²) in [4.78, 5) is 8.68. The van der Waals surface area contributed by atoms with Gasteiger partial charge in [0.25, 0.3) is 0 Å². The first-order chi connectivity index (χ1) is 8.70. The Kier molecular flexibility index (Phi) is 4.28. The topological polar surface area (TPSA) is 37.8 Å². The van der Waals surface area contributed by atoms with Crippen molar-refractivity contribution in [2.75, 3.05) is 7.05 Å². The van der Waals surface area contributed by atoms with Crippen LogP contribution in [0.5, 0.6) is 0 Å². The quantitative estimate of drug-likeness (QED) is 0.920. The first-order valence-electron chi connectivity index (χ1n) is 5.90. The Balaban J connectivity index is 2.20. The van der Waals surface area contributed by atoms with Gasteiger partial charge in [-0.3, -0.25) is 9.97 Å². The number of halogens is 1. The number of likely N-dealkylation sites (N-methyl/N-ethyl adjacent to an activating group) is 1. The molecule has 1 aromatic heterocycles. The SMILES string of the molecule is CNC(Cc1ccccc1Cl)c1cnc(C)cn1. The Morgan fingerprint density at radius 1 is 1.22 bits per heavy atom. The predicted molar refractivity (Wildman–Crippen MR) is 73.7 cm³/mol. The first-order valence-corrected chi connectivity index (χ1v) is 6.27. The summed E-state index contributed by atoms with van der Waals surface area (Å²) in [5, 5.41) is 4.04. The molecule has 18 heavy (non-hydrogen) atoms. The summed E-state index contributed by atoms with van der Waals surface area (Å²) in [6, 6.07) is 8.00. The van der Waals surface area contributed by atoms with Gasteiger partial charge in [0.05, 0.1) is 23.6 Å². The fourth-order valence-corrected chi connectivity index (χ4v) is 2.03. The number of aryl methyl sites for hydroxylation is 1. The van der Waals surface area contributed by atoms with Crippen molar-refractivity contribution in [3.63, 3.8) is 0 Å². The first kappa shape index (κ1) is 13.0. The van der Waals surface area contributed by atoms with Crippen molar-refractivity contribution in [1.29, 1.82) is 0 Å². The van der Waals surface area contributed by atoms with E-state index in [1.54, 1.807) is 6.20 Å². The lowest BCUT2D eigenvalue weighted by Gasteiger charge is -2.16. The molecular weight excluding hydrogens is 246 g/mol. The van der Waals surface area contributed by atoms with E-state index < -0.39 is 0 Å². The van der Waals surface area contributed by atoms with Crippen LogP contribution in [0.1, 0.15) is 23.0 Å². The predicted octanol–water partition coefficient (Wildman–Crippen LogP) is 2.94. The molecule has 0 aliphatic carbocycles. The zero-order chi connectivity index (χ0) is 13.0. The van der Waals surface area contributed by atoms with Crippen LogP contribution in [-0.4, -0.2) is 17.0 Å². The molecule has 0 saturated heterocycles. The highest BCUT2D eigenvalue weighted by molar-refractivity contribution is 6.31. The Morgan fingerprint density at radius 2 is 2.00 bits per heavy atom. The van der Waals surface area contributed by atoms with E-state index in [1.807, 2.05) is 44.4 Å². The zero-order valence-corrected chi connectivity index (χ0v) is 11.3. The second kappa shape index (κ2) is 5.94. The van der Waals surface area contributed by atoms with E-state index in [0.29, 0.717) is 0 Å². The summed E-state index contributed by atoms with van der Waals surface area (Å²) in [6.45, 7) is 1.93. The van der Waals surface area contributed by atoms with Crippen molar-refractivity contribution < 1.29 is 0 Å². The van der Waals surface area contributed by atoms with Gasteiger partial charge in [-0.25, -0.2) is 0 Å². The van der Waals surface area contributed by atoms with E-state index in [1.165, 1.54) is 0 Å². The van der Waals surface area contributed by atoms with Gasteiger partial charge >= 0.3 is 0 Å². The lowest BCUT2D eigenvalue weighted by Crippen LogP contribution is -2.20. The maximum absolute atomic E-state index is 6.17. The third-order valence-electron chi connectivity index (χ3n) is 2.89. The minimum Gasteiger partial charge on any atom is -0.311 e. The highest BCUT2D eigenvalue weighted by Gasteiger charge is 2.13. The van der Waals surface area contributed by atoms with Crippen LogP contribution >= 0.6 is 11.6 Å². The molecule has 0 fully saturated rings. The molecule has 2 rings (SSSR count). The maximum atomic E-state index is 6.17. The summed E-state index contributed by atoms with van der Waals surface area (Å²) >= 11 is 6.17. The summed E-state index contributed by atoms with van der Waals surface area (Å²) < 4.78 is 0. The lowest BCUT2D eigenvalue weighted by molar-refractivity contribution is 0.572. The van der Waals surface area contributed by atoms with Crippen LogP contribution in [0.15, 0.2) is 36.7 Å². The number of nitrogens with zero attached hydrogens (tertiary/aromatic N) is 2. The molecule has 0 aliphatic heterocycles. The standard InChI is InChI=1S/C14H16ClN3/c1-10-8-18-14(9-17-10)13(16-2)7-11-5-3-4-6-12(11)15/h3-6,8-9,13,16H,7H2,1-2H3. The largest absolute Gasteiger partial charge is 0.311 e. The zero-order valence-electron chi connectivity index (χ0n) is 10.5. The number of nitrogens with one attached hydrogen (secondary N) is 1. The van der Waals surface area contributed by atoms with Crippen LogP contribution in [0.4, 0.5) is 0 Å². The molecule has 0 aliphatic rings. The highest BCUT2D eigenvalue weighted by atomic mass is 35.5. The third-order valence-corrected chi connectivity index (χ3v) is 3.26. The summed E-state index contributed by atoms with van der Waals surface area (Å²) in [5.41, 5.74) is 2.97. The van der Waals surface area contributed by atoms with Crippen LogP contribution in [0.3, 0.4) is 0 Å². The fraction of sp³-hybridized carbons (Fsp3) is 0.286. The van der Waals surface area contributed by atoms with Crippen molar-refractivity contribution in [2.24, 2.45) is 0 Å². The number of aromatic nitrogens is 2. The smallest absolute Gasteiger partial charge is 0.0759 e. The van der Waals surface area contributed by atoms with Crippen molar-refractivity contribution in [1.82, 2.24) is 15.3 Å². The number of benzene rings is 1. The Labute approximate surface area is 112 Å². The van der Waals surface area contributed by atoms with E-state index in [4.69, 9.17) is 11.6 Å². The molecule has 1 heterocycles. The molecule has 94 valence electrons. The Bertz CT molecular complexity index is 511. The molecule has 2 aromatic rings. The van der Waals surface area contributed by atoms with Crippen molar-refractivity contribution in [3.8, 4) is 0 Å². The minimum atomic E-state index is 0.123. The fourth-order valence-electron chi connectivity index (χ4n) is 1.82. The third kappa shape index (κ3) is 3.06. The van der Waals surface area contributed by atoms with E-state index >= 15 is 0 Å². The van der Waals surface area contributed by atoms with Gasteiger partial charge in [0.1, 0.15) is 0 Å². The van der Waals surface area contributed by atoms with Crippen LogP contribution in [0, 0.1) is 6.92 Å². The van der Waals surface area contributed by atoms with Gasteiger partial charge in [-0.05, 0) is 32.0 Å². The van der Waals surface area contributed by atoms with Gasteiger partial charge < -0.3 is 5.32 Å². The molecule has 0 spiro atoms. The second-order valence-electron chi connectivity index (χ2n) is 4.22. The van der Waals surface area contributed by atoms with Gasteiger partial charge in [0.2, 0.25) is 0 Å². The van der Waals surface area contributed by atoms with Gasteiger partial charge in [0.15, 0.2) is 0 Å². The molecule has 1 aromatic carbocycles. The Morgan fingerprint density at radius 3 is 2.61 bits per heavy atom. The normalized spacial score (nSPS) is 12.4. The molecule has 0 radical (unpaired) electrons. The Hall–Kier alpha value is -1.45. The van der Waals surface area contributed by atoms with E-state index in [-0.39, 0.29) is 6.04 Å². The summed E-state index contributed by atoms with van der Waals surface area (Å²) in [5.74, 6) is 0. The van der Waals surface area contributed by atoms with Crippen molar-refractivity contribution in [2.45, 2.75) is 19.4 Å². The van der Waals surface area contributed by atoms with E-state index in [0.717, 1.165) is 28.4 Å². The molecule has 1 unspecified atom stereocenters. The number of hydrogen-bond donors (Lipinski definition) is 1. The molecule has 4 heteroatoms. The van der Waals surface area contributed by atoms with Gasteiger partial charge in [-0.2, -0.15) is 0 Å². The number of rotatable bonds is 4. The van der Waals surface area contributed by atoms with Gasteiger partial charge in [-0.15, -0.1) is 0 Å². The van der Waals surface area contributed by atoms with Gasteiger partial charge in [0, 0.05) is 11.2 Å². The van der Waals surface area contributed by atoms with Crippen molar-refractivity contribution >= 4 is 11.6 Å². The van der Waals surface area contributed by atoms with Gasteiger partial charge in [-0.1, -0.05) is 29.8 Å². The lowest BCUT2D eigenvalue weighted by atomic mass is 10.0. The van der Waals surface area contributed by atoms with E-state index in [9.17, 15) is 0 Å². The monoisotopic (exact) mass is 261 g/mol. The molecule has 3 nitrogen and oxygen atoms in total. The molecule has 0 amide bonds. The second-order valence-corrected chi connectivity index (χ2v) is 4.63. The molecule has 1 N–H and O–H groups in total. The summed E-state index contributed by atoms with van der Waals surface area (Å²) in [6.07, 6.45) is 4.40. The highest BCUT2D eigenvalue weighted by Crippen LogP contribution is 2.21. The molecular formula is C14H16ClN3. The maximum Gasteiger partial charge on any atom is 0.0759 e. The van der Waals surface area contributed by atoms with Crippen LogP contribution in [-0.2, 0) is 6.42 Å². The molecule has 0 bridgehead atoms. The van der Waals surface area contributed by atoms with Crippen LogP contribution in [0.25, 0.3) is 0 Å². The average Bonchev–Trinajstić information content (AvgIpc) is 2.39. The van der Waals surface area contributed by atoms with E-state index in [2.05, 4.69) is 15.3 Å². The molecule has 0 saturated carbocycles. The minimum absolute atomic E-state index is 0.123. The molecule has 1 atom stereocenters.